The van der Waals surface area contributed by atoms with Crippen molar-refractivity contribution in [2.24, 2.45) is 0 Å². The number of aromatic amines is 1. The molecule has 0 spiro atoms. The zero-order valence-electron chi connectivity index (χ0n) is 12.1. The Morgan fingerprint density at radius 2 is 1.95 bits per heavy atom. The molecular weight excluding hydrogens is 296 g/mol. The molecule has 112 valence electrons. The van der Waals surface area contributed by atoms with Crippen molar-refractivity contribution in [3.8, 4) is 0 Å². The van der Waals surface area contributed by atoms with E-state index in [-0.39, 0.29) is 5.91 Å². The van der Waals surface area contributed by atoms with Gasteiger partial charge in [-0.05, 0) is 29.7 Å². The molecule has 0 fully saturated rings. The molecule has 3 aromatic rings. The third-order valence-electron chi connectivity index (χ3n) is 3.65. The molecule has 0 radical (unpaired) electrons. The Morgan fingerprint density at radius 1 is 1.14 bits per heavy atom. The van der Waals surface area contributed by atoms with E-state index in [0.717, 1.165) is 27.9 Å². The van der Waals surface area contributed by atoms with Gasteiger partial charge in [0, 0.05) is 28.7 Å². The van der Waals surface area contributed by atoms with Crippen LogP contribution in [0.25, 0.3) is 10.9 Å². The SMILES string of the molecule is O=C(Cc1ccccc1)NCCc1c[nH]c2cc(Cl)ccc12. The minimum absolute atomic E-state index is 0.0501. The van der Waals surface area contributed by atoms with Gasteiger partial charge in [-0.3, -0.25) is 4.79 Å². The van der Waals surface area contributed by atoms with E-state index in [1.54, 1.807) is 0 Å². The van der Waals surface area contributed by atoms with Crippen LogP contribution in [0.2, 0.25) is 5.02 Å². The molecule has 0 saturated heterocycles. The van der Waals surface area contributed by atoms with Crippen LogP contribution in [0.3, 0.4) is 0 Å². The van der Waals surface area contributed by atoms with Crippen molar-refractivity contribution in [3.63, 3.8) is 0 Å². The van der Waals surface area contributed by atoms with Gasteiger partial charge < -0.3 is 10.3 Å². The van der Waals surface area contributed by atoms with E-state index in [0.29, 0.717) is 13.0 Å². The zero-order valence-corrected chi connectivity index (χ0v) is 12.9. The molecule has 3 nitrogen and oxygen atoms in total. The summed E-state index contributed by atoms with van der Waals surface area (Å²) < 4.78 is 0. The summed E-state index contributed by atoms with van der Waals surface area (Å²) in [6.07, 6.45) is 3.19. The van der Waals surface area contributed by atoms with Gasteiger partial charge in [-0.1, -0.05) is 48.0 Å². The first-order valence-corrected chi connectivity index (χ1v) is 7.66. The number of H-pyrrole nitrogens is 1. The smallest absolute Gasteiger partial charge is 0.224 e. The van der Waals surface area contributed by atoms with E-state index in [2.05, 4.69) is 10.3 Å². The van der Waals surface area contributed by atoms with E-state index in [1.807, 2.05) is 54.7 Å². The van der Waals surface area contributed by atoms with Crippen LogP contribution >= 0.6 is 11.6 Å². The fourth-order valence-corrected chi connectivity index (χ4v) is 2.72. The predicted molar refractivity (Wildman–Crippen MR) is 90.2 cm³/mol. The Labute approximate surface area is 134 Å². The second-order valence-electron chi connectivity index (χ2n) is 5.27. The number of carbonyl (C=O) groups is 1. The topological polar surface area (TPSA) is 44.9 Å². The number of benzene rings is 2. The van der Waals surface area contributed by atoms with Crippen molar-refractivity contribution < 1.29 is 4.79 Å². The Kier molecular flexibility index (Phi) is 4.45. The van der Waals surface area contributed by atoms with E-state index < -0.39 is 0 Å². The molecule has 0 saturated carbocycles. The van der Waals surface area contributed by atoms with Gasteiger partial charge in [0.15, 0.2) is 0 Å². The van der Waals surface area contributed by atoms with Crippen LogP contribution in [0.15, 0.2) is 54.7 Å². The molecule has 0 aliphatic heterocycles. The summed E-state index contributed by atoms with van der Waals surface area (Å²) in [5.41, 5.74) is 3.24. The highest BCUT2D eigenvalue weighted by atomic mass is 35.5. The largest absolute Gasteiger partial charge is 0.361 e. The highest BCUT2D eigenvalue weighted by molar-refractivity contribution is 6.31. The summed E-state index contributed by atoms with van der Waals surface area (Å²) >= 11 is 5.97. The van der Waals surface area contributed by atoms with E-state index >= 15 is 0 Å². The molecule has 1 aromatic heterocycles. The highest BCUT2D eigenvalue weighted by Crippen LogP contribution is 2.22. The number of hydrogen-bond donors (Lipinski definition) is 2. The van der Waals surface area contributed by atoms with Crippen LogP contribution in [-0.2, 0) is 17.6 Å². The lowest BCUT2D eigenvalue weighted by Crippen LogP contribution is -2.27. The number of nitrogens with one attached hydrogen (secondary N) is 2. The lowest BCUT2D eigenvalue weighted by Gasteiger charge is -2.05. The number of fused-ring (bicyclic) bond motifs is 1. The quantitative estimate of drug-likeness (QED) is 0.741. The first kappa shape index (κ1) is 14.7. The van der Waals surface area contributed by atoms with Crippen molar-refractivity contribution in [1.82, 2.24) is 10.3 Å². The maximum absolute atomic E-state index is 11.9. The Balaban J connectivity index is 1.55. The van der Waals surface area contributed by atoms with Gasteiger partial charge in [0.25, 0.3) is 0 Å². The molecule has 2 aromatic carbocycles. The monoisotopic (exact) mass is 312 g/mol. The normalized spacial score (nSPS) is 10.8. The number of carbonyl (C=O) groups excluding carboxylic acids is 1. The predicted octanol–water partition coefficient (Wildman–Crippen LogP) is 3.72. The van der Waals surface area contributed by atoms with Crippen molar-refractivity contribution in [2.45, 2.75) is 12.8 Å². The first-order chi connectivity index (χ1) is 10.7. The van der Waals surface area contributed by atoms with Gasteiger partial charge in [0.1, 0.15) is 0 Å². The van der Waals surface area contributed by atoms with Crippen LogP contribution in [0.1, 0.15) is 11.1 Å². The molecule has 0 aliphatic rings. The molecule has 0 unspecified atom stereocenters. The van der Waals surface area contributed by atoms with Crippen LogP contribution in [0, 0.1) is 0 Å². The molecule has 0 atom stereocenters. The van der Waals surface area contributed by atoms with Gasteiger partial charge in [-0.2, -0.15) is 0 Å². The Morgan fingerprint density at radius 3 is 2.77 bits per heavy atom. The summed E-state index contributed by atoms with van der Waals surface area (Å²) in [6.45, 7) is 0.626. The molecule has 2 N–H and O–H groups in total. The van der Waals surface area contributed by atoms with E-state index in [1.165, 1.54) is 5.56 Å². The maximum Gasteiger partial charge on any atom is 0.224 e. The summed E-state index contributed by atoms with van der Waals surface area (Å²) in [5, 5.41) is 4.84. The summed E-state index contributed by atoms with van der Waals surface area (Å²) in [4.78, 5) is 15.1. The van der Waals surface area contributed by atoms with Crippen LogP contribution in [0.5, 0.6) is 0 Å². The molecule has 22 heavy (non-hydrogen) atoms. The van der Waals surface area contributed by atoms with Crippen molar-refractivity contribution in [2.75, 3.05) is 6.54 Å². The third-order valence-corrected chi connectivity index (χ3v) is 3.89. The van der Waals surface area contributed by atoms with Crippen molar-refractivity contribution in [1.29, 1.82) is 0 Å². The fourth-order valence-electron chi connectivity index (χ4n) is 2.55. The molecule has 4 heteroatoms. The van der Waals surface area contributed by atoms with Gasteiger partial charge in [-0.15, -0.1) is 0 Å². The molecule has 0 aliphatic carbocycles. The van der Waals surface area contributed by atoms with Crippen LogP contribution in [-0.4, -0.2) is 17.4 Å². The summed E-state index contributed by atoms with van der Waals surface area (Å²) in [7, 11) is 0. The number of hydrogen-bond acceptors (Lipinski definition) is 1. The lowest BCUT2D eigenvalue weighted by molar-refractivity contribution is -0.120. The van der Waals surface area contributed by atoms with Gasteiger partial charge in [-0.25, -0.2) is 0 Å². The van der Waals surface area contributed by atoms with Crippen molar-refractivity contribution in [3.05, 3.63) is 70.9 Å². The van der Waals surface area contributed by atoms with E-state index in [9.17, 15) is 4.79 Å². The summed E-state index contributed by atoms with van der Waals surface area (Å²) in [5.74, 6) is 0.0501. The number of amides is 1. The fraction of sp³-hybridized carbons (Fsp3) is 0.167. The molecule has 1 amide bonds. The molecule has 0 bridgehead atoms. The minimum atomic E-state index is 0.0501. The van der Waals surface area contributed by atoms with Crippen LogP contribution < -0.4 is 5.32 Å². The third kappa shape index (κ3) is 3.49. The van der Waals surface area contributed by atoms with Gasteiger partial charge >= 0.3 is 0 Å². The number of rotatable bonds is 5. The van der Waals surface area contributed by atoms with Crippen molar-refractivity contribution >= 4 is 28.4 Å². The number of aromatic nitrogens is 1. The lowest BCUT2D eigenvalue weighted by atomic mass is 10.1. The molecule has 3 rings (SSSR count). The second-order valence-corrected chi connectivity index (χ2v) is 5.70. The average molecular weight is 313 g/mol. The number of halogens is 1. The van der Waals surface area contributed by atoms with Gasteiger partial charge in [0.2, 0.25) is 5.91 Å². The molecule has 1 heterocycles. The first-order valence-electron chi connectivity index (χ1n) is 7.28. The standard InChI is InChI=1S/C18H17ClN2O/c19-15-6-7-16-14(12-21-17(16)11-15)8-9-20-18(22)10-13-4-2-1-3-5-13/h1-7,11-12,21H,8-10H2,(H,20,22). The van der Waals surface area contributed by atoms with Gasteiger partial charge in [0.05, 0.1) is 6.42 Å². The van der Waals surface area contributed by atoms with Crippen LogP contribution in [0.4, 0.5) is 0 Å². The zero-order chi connectivity index (χ0) is 15.4. The van der Waals surface area contributed by atoms with E-state index in [4.69, 9.17) is 11.6 Å². The summed E-state index contributed by atoms with van der Waals surface area (Å²) in [6, 6.07) is 15.6. The minimum Gasteiger partial charge on any atom is -0.361 e. The molecular formula is C18H17ClN2O. The average Bonchev–Trinajstić information content (AvgIpc) is 2.90. The Bertz CT molecular complexity index is 780. The highest BCUT2D eigenvalue weighted by Gasteiger charge is 2.06. The maximum atomic E-state index is 11.9. The Hall–Kier alpha value is -2.26. The second kappa shape index (κ2) is 6.67.